The molecule has 1 aliphatic heterocycles. The van der Waals surface area contributed by atoms with Gasteiger partial charge in [-0.2, -0.15) is 11.8 Å². The van der Waals surface area contributed by atoms with Gasteiger partial charge in [0.2, 0.25) is 0 Å². The molecular formula is C13H16FNO2S. The second kappa shape index (κ2) is 6.20. The van der Waals surface area contributed by atoms with E-state index in [1.54, 1.807) is 0 Å². The van der Waals surface area contributed by atoms with Gasteiger partial charge >= 0.3 is 5.97 Å². The molecule has 0 unspecified atom stereocenters. The molecule has 3 nitrogen and oxygen atoms in total. The number of carboxylic acids is 1. The molecule has 0 saturated carbocycles. The normalized spacial score (nSPS) is 17.4. The topological polar surface area (TPSA) is 40.5 Å². The first-order chi connectivity index (χ1) is 8.66. The van der Waals surface area contributed by atoms with Crippen LogP contribution in [0.2, 0.25) is 0 Å². The monoisotopic (exact) mass is 269 g/mol. The fourth-order valence-corrected chi connectivity index (χ4v) is 2.95. The summed E-state index contributed by atoms with van der Waals surface area (Å²) in [5.74, 6) is 0.869. The van der Waals surface area contributed by atoms with E-state index in [4.69, 9.17) is 5.11 Å². The van der Waals surface area contributed by atoms with Crippen LogP contribution in [0.15, 0.2) is 18.2 Å². The van der Waals surface area contributed by atoms with Crippen molar-refractivity contribution in [1.82, 2.24) is 4.90 Å². The summed E-state index contributed by atoms with van der Waals surface area (Å²) in [6.07, 6.45) is 1.10. The third kappa shape index (κ3) is 3.46. The minimum absolute atomic E-state index is 0.149. The van der Waals surface area contributed by atoms with Crippen LogP contribution in [0.5, 0.6) is 0 Å². The molecule has 5 heteroatoms. The van der Waals surface area contributed by atoms with Crippen molar-refractivity contribution >= 4 is 17.7 Å². The minimum atomic E-state index is -1.01. The third-order valence-electron chi connectivity index (χ3n) is 3.00. The molecular weight excluding hydrogens is 253 g/mol. The van der Waals surface area contributed by atoms with Crippen LogP contribution in [0.1, 0.15) is 22.3 Å². The Balaban J connectivity index is 2.11. The van der Waals surface area contributed by atoms with Crippen LogP contribution in [0, 0.1) is 5.82 Å². The van der Waals surface area contributed by atoms with Crippen LogP contribution < -0.4 is 0 Å². The minimum Gasteiger partial charge on any atom is -0.478 e. The van der Waals surface area contributed by atoms with E-state index in [9.17, 15) is 9.18 Å². The Morgan fingerprint density at radius 2 is 2.22 bits per heavy atom. The maximum Gasteiger partial charge on any atom is 0.335 e. The Kier molecular flexibility index (Phi) is 4.60. The lowest BCUT2D eigenvalue weighted by Crippen LogP contribution is -2.26. The molecule has 0 atom stereocenters. The summed E-state index contributed by atoms with van der Waals surface area (Å²) in [4.78, 5) is 13.1. The number of thioether (sulfide) groups is 1. The van der Waals surface area contributed by atoms with Gasteiger partial charge < -0.3 is 5.11 Å². The molecule has 1 aliphatic rings. The van der Waals surface area contributed by atoms with Crippen molar-refractivity contribution in [3.63, 3.8) is 0 Å². The van der Waals surface area contributed by atoms with E-state index in [1.165, 1.54) is 18.2 Å². The van der Waals surface area contributed by atoms with E-state index in [0.717, 1.165) is 31.0 Å². The predicted octanol–water partition coefficient (Wildman–Crippen LogP) is 2.46. The smallest absolute Gasteiger partial charge is 0.335 e. The highest BCUT2D eigenvalue weighted by atomic mass is 32.2. The molecule has 0 radical (unpaired) electrons. The van der Waals surface area contributed by atoms with Gasteiger partial charge in [0, 0.05) is 24.4 Å². The molecule has 1 N–H and O–H groups in total. The number of rotatable bonds is 3. The lowest BCUT2D eigenvalue weighted by Gasteiger charge is -2.19. The zero-order valence-corrected chi connectivity index (χ0v) is 10.9. The van der Waals surface area contributed by atoms with Crippen LogP contribution in [-0.4, -0.2) is 40.6 Å². The molecule has 1 saturated heterocycles. The van der Waals surface area contributed by atoms with E-state index < -0.39 is 5.97 Å². The average molecular weight is 269 g/mol. The molecule has 18 heavy (non-hydrogen) atoms. The lowest BCUT2D eigenvalue weighted by atomic mass is 10.1. The summed E-state index contributed by atoms with van der Waals surface area (Å²) in [5.41, 5.74) is 0.623. The van der Waals surface area contributed by atoms with Crippen molar-refractivity contribution in [1.29, 1.82) is 0 Å². The number of benzene rings is 1. The molecule has 1 aromatic rings. The van der Waals surface area contributed by atoms with Crippen molar-refractivity contribution in [3.05, 3.63) is 35.1 Å². The second-order valence-electron chi connectivity index (χ2n) is 4.35. The summed E-state index contributed by atoms with van der Waals surface area (Å²) in [6.45, 7) is 2.37. The fourth-order valence-electron chi connectivity index (χ4n) is 2.03. The number of nitrogens with zero attached hydrogens (tertiary/aromatic N) is 1. The maximum atomic E-state index is 13.7. The van der Waals surface area contributed by atoms with Gasteiger partial charge in [0.05, 0.1) is 5.56 Å². The molecule has 0 aromatic heterocycles. The molecule has 1 heterocycles. The zero-order valence-electron chi connectivity index (χ0n) is 10.1. The fraction of sp³-hybridized carbons (Fsp3) is 0.462. The summed E-state index contributed by atoms with van der Waals surface area (Å²) in [6, 6.07) is 3.99. The highest BCUT2D eigenvalue weighted by Gasteiger charge is 2.14. The molecule has 1 fully saturated rings. The Morgan fingerprint density at radius 3 is 3.00 bits per heavy atom. The number of carboxylic acid groups (broad SMARTS) is 1. The first kappa shape index (κ1) is 13.4. The van der Waals surface area contributed by atoms with E-state index in [1.807, 2.05) is 11.8 Å². The van der Waals surface area contributed by atoms with Crippen molar-refractivity contribution < 1.29 is 14.3 Å². The Bertz CT molecular complexity index is 431. The van der Waals surface area contributed by atoms with Crippen LogP contribution in [0.25, 0.3) is 0 Å². The van der Waals surface area contributed by atoms with Gasteiger partial charge in [0.1, 0.15) is 5.82 Å². The van der Waals surface area contributed by atoms with Gasteiger partial charge in [-0.1, -0.05) is 0 Å². The quantitative estimate of drug-likeness (QED) is 0.915. The third-order valence-corrected chi connectivity index (χ3v) is 4.05. The molecule has 0 bridgehead atoms. The average Bonchev–Trinajstić information content (AvgIpc) is 2.60. The molecule has 0 amide bonds. The number of hydrogen-bond donors (Lipinski definition) is 1. The Morgan fingerprint density at radius 1 is 1.39 bits per heavy atom. The summed E-state index contributed by atoms with van der Waals surface area (Å²) < 4.78 is 13.7. The number of halogens is 1. The summed E-state index contributed by atoms with van der Waals surface area (Å²) in [7, 11) is 0. The van der Waals surface area contributed by atoms with Crippen LogP contribution in [0.4, 0.5) is 4.39 Å². The molecule has 0 aliphatic carbocycles. The van der Waals surface area contributed by atoms with Gasteiger partial charge in [-0.25, -0.2) is 9.18 Å². The van der Waals surface area contributed by atoms with E-state index in [2.05, 4.69) is 4.90 Å². The van der Waals surface area contributed by atoms with Crippen LogP contribution >= 0.6 is 11.8 Å². The first-order valence-corrected chi connectivity index (χ1v) is 7.14. The predicted molar refractivity (Wildman–Crippen MR) is 70.6 cm³/mol. The van der Waals surface area contributed by atoms with E-state index in [0.29, 0.717) is 12.1 Å². The van der Waals surface area contributed by atoms with Crippen LogP contribution in [0.3, 0.4) is 0 Å². The van der Waals surface area contributed by atoms with Gasteiger partial charge in [0.15, 0.2) is 0 Å². The highest BCUT2D eigenvalue weighted by molar-refractivity contribution is 7.99. The van der Waals surface area contributed by atoms with Gasteiger partial charge in [-0.05, 0) is 36.9 Å². The maximum absolute atomic E-state index is 13.7. The van der Waals surface area contributed by atoms with E-state index in [-0.39, 0.29) is 11.4 Å². The van der Waals surface area contributed by atoms with Crippen LogP contribution in [-0.2, 0) is 6.54 Å². The first-order valence-electron chi connectivity index (χ1n) is 5.98. The van der Waals surface area contributed by atoms with Gasteiger partial charge in [-0.15, -0.1) is 0 Å². The second-order valence-corrected chi connectivity index (χ2v) is 5.58. The highest BCUT2D eigenvalue weighted by Crippen LogP contribution is 2.16. The van der Waals surface area contributed by atoms with Crippen molar-refractivity contribution in [2.45, 2.75) is 13.0 Å². The van der Waals surface area contributed by atoms with Gasteiger partial charge in [-0.3, -0.25) is 4.90 Å². The van der Waals surface area contributed by atoms with Gasteiger partial charge in [0.25, 0.3) is 0 Å². The number of aromatic carboxylic acids is 1. The Labute approximate surface area is 110 Å². The molecule has 0 spiro atoms. The number of carbonyl (C=O) groups is 1. The molecule has 2 rings (SSSR count). The van der Waals surface area contributed by atoms with E-state index >= 15 is 0 Å². The largest absolute Gasteiger partial charge is 0.478 e. The van der Waals surface area contributed by atoms with Crippen molar-refractivity contribution in [3.8, 4) is 0 Å². The standard InChI is InChI=1S/C13H16FNO2S/c14-12-3-2-10(13(16)17)8-11(12)9-15-4-1-6-18-7-5-15/h2-3,8H,1,4-7,9H2,(H,16,17). The zero-order chi connectivity index (χ0) is 13.0. The lowest BCUT2D eigenvalue weighted by molar-refractivity contribution is 0.0696. The Hall–Kier alpha value is -1.07. The van der Waals surface area contributed by atoms with Crippen molar-refractivity contribution in [2.75, 3.05) is 24.6 Å². The molecule has 98 valence electrons. The SMILES string of the molecule is O=C(O)c1ccc(F)c(CN2CCCSCC2)c1. The summed E-state index contributed by atoms with van der Waals surface area (Å²) in [5, 5.41) is 8.91. The molecule has 1 aromatic carbocycles. The number of hydrogen-bond acceptors (Lipinski definition) is 3. The summed E-state index contributed by atoms with van der Waals surface area (Å²) >= 11 is 1.91. The van der Waals surface area contributed by atoms with Crippen molar-refractivity contribution in [2.24, 2.45) is 0 Å².